The first-order chi connectivity index (χ1) is 11.6. The molecule has 2 aromatic heterocycles. The highest BCUT2D eigenvalue weighted by Crippen LogP contribution is 2.35. The van der Waals surface area contributed by atoms with Crippen molar-refractivity contribution in [2.24, 2.45) is 0 Å². The maximum Gasteiger partial charge on any atom is 0.115 e. The van der Waals surface area contributed by atoms with Crippen LogP contribution in [-0.2, 0) is 6.42 Å². The molecular formula is C19H21Cl2N3. The zero-order valence-corrected chi connectivity index (χ0v) is 15.7. The van der Waals surface area contributed by atoms with E-state index in [1.165, 1.54) is 0 Å². The van der Waals surface area contributed by atoms with Gasteiger partial charge < -0.3 is 4.57 Å². The van der Waals surface area contributed by atoms with E-state index in [0.717, 1.165) is 47.4 Å². The van der Waals surface area contributed by atoms with Gasteiger partial charge in [-0.25, -0.2) is 4.98 Å². The molecule has 0 spiro atoms. The van der Waals surface area contributed by atoms with E-state index in [4.69, 9.17) is 28.2 Å². The summed E-state index contributed by atoms with van der Waals surface area (Å²) < 4.78 is 2.37. The van der Waals surface area contributed by atoms with Crippen LogP contribution in [0.1, 0.15) is 45.5 Å². The second-order valence-corrected chi connectivity index (χ2v) is 6.72. The summed E-state index contributed by atoms with van der Waals surface area (Å²) in [5, 5.41) is 1.21. The third kappa shape index (κ3) is 2.91. The predicted molar refractivity (Wildman–Crippen MR) is 102 cm³/mol. The zero-order valence-electron chi connectivity index (χ0n) is 14.2. The van der Waals surface area contributed by atoms with Crippen molar-refractivity contribution in [1.82, 2.24) is 14.5 Å². The van der Waals surface area contributed by atoms with Gasteiger partial charge in [0, 0.05) is 29.2 Å². The number of hydrogen-bond donors (Lipinski definition) is 0. The van der Waals surface area contributed by atoms with Crippen LogP contribution in [0.3, 0.4) is 0 Å². The lowest BCUT2D eigenvalue weighted by molar-refractivity contribution is 0.468. The largest absolute Gasteiger partial charge is 0.325 e. The average Bonchev–Trinajstić information content (AvgIpc) is 2.95. The van der Waals surface area contributed by atoms with Crippen LogP contribution in [0.25, 0.3) is 22.3 Å². The van der Waals surface area contributed by atoms with E-state index in [-0.39, 0.29) is 0 Å². The van der Waals surface area contributed by atoms with Crippen LogP contribution in [-0.4, -0.2) is 14.5 Å². The summed E-state index contributed by atoms with van der Waals surface area (Å²) in [4.78, 5) is 9.46. The summed E-state index contributed by atoms with van der Waals surface area (Å²) in [6.07, 6.45) is 4.88. The molecule has 3 aromatic rings. The summed E-state index contributed by atoms with van der Waals surface area (Å²) >= 11 is 12.4. The number of aromatic nitrogens is 3. The van der Waals surface area contributed by atoms with E-state index >= 15 is 0 Å². The van der Waals surface area contributed by atoms with Crippen molar-refractivity contribution in [2.75, 3.05) is 0 Å². The smallest absolute Gasteiger partial charge is 0.115 e. The summed E-state index contributed by atoms with van der Waals surface area (Å²) in [6, 6.07) is 7.99. The molecular weight excluding hydrogens is 341 g/mol. The van der Waals surface area contributed by atoms with Gasteiger partial charge >= 0.3 is 0 Å². The molecule has 2 heterocycles. The third-order valence-corrected chi connectivity index (χ3v) is 5.04. The van der Waals surface area contributed by atoms with E-state index in [2.05, 4.69) is 30.3 Å². The molecule has 0 aliphatic carbocycles. The normalized spacial score (nSPS) is 11.6. The molecule has 0 saturated heterocycles. The SMILES string of the molecule is CCc1nc2c(-c3ccc(Cl)cc3Cl)nccc2n1C(CC)CC. The van der Waals surface area contributed by atoms with Crippen molar-refractivity contribution in [2.45, 2.75) is 46.1 Å². The molecule has 5 heteroatoms. The molecule has 0 aliphatic rings. The van der Waals surface area contributed by atoms with Crippen LogP contribution in [0, 0.1) is 0 Å². The van der Waals surface area contributed by atoms with Gasteiger partial charge in [0.05, 0.1) is 16.2 Å². The van der Waals surface area contributed by atoms with Crippen LogP contribution in [0.5, 0.6) is 0 Å². The molecule has 24 heavy (non-hydrogen) atoms. The zero-order chi connectivity index (χ0) is 17.3. The lowest BCUT2D eigenvalue weighted by Gasteiger charge is -2.18. The molecule has 0 saturated carbocycles. The second-order valence-electron chi connectivity index (χ2n) is 5.87. The lowest BCUT2D eigenvalue weighted by atomic mass is 10.1. The van der Waals surface area contributed by atoms with Crippen molar-refractivity contribution < 1.29 is 0 Å². The lowest BCUT2D eigenvalue weighted by Crippen LogP contribution is -2.10. The second kappa shape index (κ2) is 7.12. The van der Waals surface area contributed by atoms with E-state index in [0.29, 0.717) is 16.1 Å². The van der Waals surface area contributed by atoms with Crippen LogP contribution in [0.2, 0.25) is 10.0 Å². The fourth-order valence-electron chi connectivity index (χ4n) is 3.26. The number of fused-ring (bicyclic) bond motifs is 1. The Kier molecular flexibility index (Phi) is 5.12. The molecule has 0 bridgehead atoms. The van der Waals surface area contributed by atoms with E-state index < -0.39 is 0 Å². The molecule has 3 nitrogen and oxygen atoms in total. The van der Waals surface area contributed by atoms with Crippen molar-refractivity contribution in [3.63, 3.8) is 0 Å². The number of benzene rings is 1. The van der Waals surface area contributed by atoms with Crippen LogP contribution in [0.15, 0.2) is 30.5 Å². The Balaban J connectivity index is 2.28. The number of halogens is 2. The molecule has 0 N–H and O–H groups in total. The van der Waals surface area contributed by atoms with Crippen molar-refractivity contribution in [1.29, 1.82) is 0 Å². The van der Waals surface area contributed by atoms with E-state index in [9.17, 15) is 0 Å². The molecule has 0 fully saturated rings. The number of hydrogen-bond acceptors (Lipinski definition) is 2. The fourth-order valence-corrected chi connectivity index (χ4v) is 3.76. The highest BCUT2D eigenvalue weighted by molar-refractivity contribution is 6.36. The Morgan fingerprint density at radius 3 is 2.46 bits per heavy atom. The van der Waals surface area contributed by atoms with Gasteiger partial charge in [-0.3, -0.25) is 4.98 Å². The molecule has 1 aromatic carbocycles. The molecule has 126 valence electrons. The molecule has 0 unspecified atom stereocenters. The average molecular weight is 362 g/mol. The number of rotatable bonds is 5. The third-order valence-electron chi connectivity index (χ3n) is 4.49. The van der Waals surface area contributed by atoms with Crippen LogP contribution < -0.4 is 0 Å². The summed E-state index contributed by atoms with van der Waals surface area (Å²) in [5.41, 5.74) is 3.71. The van der Waals surface area contributed by atoms with Gasteiger partial charge in [-0.1, -0.05) is 44.0 Å². The minimum atomic E-state index is 0.445. The number of pyridine rings is 1. The number of imidazole rings is 1. The first kappa shape index (κ1) is 17.2. The maximum atomic E-state index is 6.40. The van der Waals surface area contributed by atoms with Crippen LogP contribution >= 0.6 is 23.2 Å². The molecule has 0 atom stereocenters. The predicted octanol–water partition coefficient (Wildman–Crippen LogP) is 6.33. The van der Waals surface area contributed by atoms with Crippen molar-refractivity contribution in [3.8, 4) is 11.3 Å². The van der Waals surface area contributed by atoms with Crippen molar-refractivity contribution >= 4 is 34.2 Å². The number of nitrogens with zero attached hydrogens (tertiary/aromatic N) is 3. The van der Waals surface area contributed by atoms with Gasteiger partial charge in [0.1, 0.15) is 11.3 Å². The Morgan fingerprint density at radius 2 is 1.83 bits per heavy atom. The van der Waals surface area contributed by atoms with Crippen molar-refractivity contribution in [3.05, 3.63) is 46.3 Å². The maximum absolute atomic E-state index is 6.40. The van der Waals surface area contributed by atoms with E-state index in [1.807, 2.05) is 24.4 Å². The van der Waals surface area contributed by atoms with Gasteiger partial charge in [0.25, 0.3) is 0 Å². The van der Waals surface area contributed by atoms with Gasteiger partial charge in [-0.05, 0) is 37.1 Å². The monoisotopic (exact) mass is 361 g/mol. The molecule has 0 amide bonds. The summed E-state index contributed by atoms with van der Waals surface area (Å²) in [5.74, 6) is 1.10. The summed E-state index contributed by atoms with van der Waals surface area (Å²) in [6.45, 7) is 6.58. The Labute approximate surface area is 152 Å². The number of aryl methyl sites for hydroxylation is 1. The van der Waals surface area contributed by atoms with E-state index in [1.54, 1.807) is 6.07 Å². The highest BCUT2D eigenvalue weighted by atomic mass is 35.5. The minimum absolute atomic E-state index is 0.445. The summed E-state index contributed by atoms with van der Waals surface area (Å²) in [7, 11) is 0. The minimum Gasteiger partial charge on any atom is -0.325 e. The highest BCUT2D eigenvalue weighted by Gasteiger charge is 2.19. The van der Waals surface area contributed by atoms with Gasteiger partial charge in [-0.15, -0.1) is 0 Å². The quantitative estimate of drug-likeness (QED) is 0.531. The van der Waals surface area contributed by atoms with Gasteiger partial charge in [-0.2, -0.15) is 0 Å². The molecule has 0 radical (unpaired) electrons. The topological polar surface area (TPSA) is 30.7 Å². The van der Waals surface area contributed by atoms with Gasteiger partial charge in [0.15, 0.2) is 0 Å². The first-order valence-corrected chi connectivity index (χ1v) is 9.17. The first-order valence-electron chi connectivity index (χ1n) is 8.41. The molecule has 3 rings (SSSR count). The Hall–Kier alpha value is -1.58. The fraction of sp³-hybridized carbons (Fsp3) is 0.368. The molecule has 0 aliphatic heterocycles. The Morgan fingerprint density at radius 1 is 1.08 bits per heavy atom. The Bertz CT molecular complexity index is 866. The van der Waals surface area contributed by atoms with Gasteiger partial charge in [0.2, 0.25) is 0 Å². The standard InChI is InChI=1S/C19H21Cl2N3/c1-4-13(5-2)24-16-9-10-22-18(19(16)23-17(24)6-3)14-8-7-12(20)11-15(14)21/h7-11,13H,4-6H2,1-3H3. The van der Waals surface area contributed by atoms with Crippen LogP contribution in [0.4, 0.5) is 0 Å².